The van der Waals surface area contributed by atoms with Gasteiger partial charge in [-0.25, -0.2) is 0 Å². The number of hydrogen-bond donors (Lipinski definition) is 0. The summed E-state index contributed by atoms with van der Waals surface area (Å²) in [7, 11) is 0. The monoisotopic (exact) mass is 284 g/mol. The van der Waals surface area contributed by atoms with Crippen LogP contribution in [0.2, 0.25) is 0 Å². The van der Waals surface area contributed by atoms with Crippen molar-refractivity contribution in [1.29, 1.82) is 0 Å². The van der Waals surface area contributed by atoms with Crippen LogP contribution in [0.1, 0.15) is 23.6 Å². The van der Waals surface area contributed by atoms with Gasteiger partial charge in [0.05, 0.1) is 0 Å². The predicted molar refractivity (Wildman–Crippen MR) is 75.9 cm³/mol. The number of benzene rings is 2. The van der Waals surface area contributed by atoms with Gasteiger partial charge in [0.15, 0.2) is 0 Å². The van der Waals surface area contributed by atoms with E-state index in [4.69, 9.17) is 0 Å². The molecule has 0 saturated carbocycles. The first kappa shape index (κ1) is 12.0. The van der Waals surface area contributed by atoms with Crippen LogP contribution in [-0.4, -0.2) is 0 Å². The Morgan fingerprint density at radius 1 is 0.824 bits per heavy atom. The van der Waals surface area contributed by atoms with E-state index < -0.39 is 0 Å². The lowest BCUT2D eigenvalue weighted by Crippen LogP contribution is -1.80. The first-order valence-corrected chi connectivity index (χ1v) is 6.44. The molecule has 0 aromatic heterocycles. The van der Waals surface area contributed by atoms with Gasteiger partial charge in [0.2, 0.25) is 0 Å². The van der Waals surface area contributed by atoms with Gasteiger partial charge in [-0.15, -0.1) is 0 Å². The van der Waals surface area contributed by atoms with Gasteiger partial charge in [0.25, 0.3) is 0 Å². The first-order chi connectivity index (χ1) is 8.28. The van der Waals surface area contributed by atoms with Crippen LogP contribution in [0.25, 0.3) is 0 Å². The lowest BCUT2D eigenvalue weighted by atomic mass is 10.1. The largest absolute Gasteiger partial charge is 0.0617 e. The third-order valence-electron chi connectivity index (χ3n) is 2.56. The van der Waals surface area contributed by atoms with E-state index in [2.05, 4.69) is 59.0 Å². The maximum Gasteiger partial charge on any atom is 0.0249 e. The molecule has 2 aromatic rings. The van der Waals surface area contributed by atoms with Crippen LogP contribution in [0.3, 0.4) is 0 Å². The highest BCUT2D eigenvalue weighted by Crippen LogP contribution is 2.10. The summed E-state index contributed by atoms with van der Waals surface area (Å²) in [5.41, 5.74) is 3.44. The van der Waals surface area contributed by atoms with E-state index in [0.717, 1.165) is 22.0 Å². The van der Waals surface area contributed by atoms with E-state index in [9.17, 15) is 0 Å². The third kappa shape index (κ3) is 3.47. The van der Waals surface area contributed by atoms with Gasteiger partial charge in [-0.2, -0.15) is 0 Å². The summed E-state index contributed by atoms with van der Waals surface area (Å²) in [6, 6.07) is 16.4. The quantitative estimate of drug-likeness (QED) is 0.681. The molecular weight excluding hydrogens is 272 g/mol. The van der Waals surface area contributed by atoms with E-state index in [0.29, 0.717) is 0 Å². The Balaban J connectivity index is 2.17. The second kappa shape index (κ2) is 5.70. The molecule has 2 rings (SSSR count). The summed E-state index contributed by atoms with van der Waals surface area (Å²) in [5.74, 6) is 6.32. The summed E-state index contributed by atoms with van der Waals surface area (Å²) in [6.07, 6.45) is 1.07. The number of rotatable bonds is 1. The first-order valence-electron chi connectivity index (χ1n) is 5.64. The molecule has 0 amide bonds. The molecule has 0 nitrogen and oxygen atoms in total. The fourth-order valence-corrected chi connectivity index (χ4v) is 1.77. The maximum atomic E-state index is 3.41. The highest BCUT2D eigenvalue weighted by Gasteiger charge is 1.90. The zero-order chi connectivity index (χ0) is 12.1. The van der Waals surface area contributed by atoms with Gasteiger partial charge in [-0.05, 0) is 48.4 Å². The summed E-state index contributed by atoms with van der Waals surface area (Å²) in [4.78, 5) is 0. The van der Waals surface area contributed by atoms with Crippen LogP contribution < -0.4 is 0 Å². The molecule has 0 atom stereocenters. The average molecular weight is 285 g/mol. The van der Waals surface area contributed by atoms with Gasteiger partial charge in [-0.1, -0.05) is 46.8 Å². The number of hydrogen-bond acceptors (Lipinski definition) is 0. The van der Waals surface area contributed by atoms with Crippen molar-refractivity contribution >= 4 is 15.9 Å². The number of halogens is 1. The molecule has 0 radical (unpaired) electrons. The molecule has 17 heavy (non-hydrogen) atoms. The SMILES string of the molecule is CCc1ccc(C#Cc2ccc(Br)cc2)cc1. The van der Waals surface area contributed by atoms with Crippen LogP contribution in [0.4, 0.5) is 0 Å². The normalized spacial score (nSPS) is 9.53. The summed E-state index contributed by atoms with van der Waals surface area (Å²) in [6.45, 7) is 2.16. The molecule has 0 aliphatic rings. The average Bonchev–Trinajstić information content (AvgIpc) is 2.39. The van der Waals surface area contributed by atoms with Gasteiger partial charge in [0.1, 0.15) is 0 Å². The lowest BCUT2D eigenvalue weighted by molar-refractivity contribution is 1.14. The fraction of sp³-hybridized carbons (Fsp3) is 0.125. The molecule has 0 aliphatic heterocycles. The van der Waals surface area contributed by atoms with Crippen LogP contribution in [0.5, 0.6) is 0 Å². The summed E-state index contributed by atoms with van der Waals surface area (Å²) in [5, 5.41) is 0. The van der Waals surface area contributed by atoms with Crippen molar-refractivity contribution in [2.45, 2.75) is 13.3 Å². The molecule has 2 aromatic carbocycles. The molecule has 0 spiro atoms. The molecular formula is C16H13Br. The Morgan fingerprint density at radius 2 is 1.29 bits per heavy atom. The van der Waals surface area contributed by atoms with Crippen molar-refractivity contribution in [2.75, 3.05) is 0 Å². The van der Waals surface area contributed by atoms with E-state index in [1.54, 1.807) is 0 Å². The lowest BCUT2D eigenvalue weighted by Gasteiger charge is -1.95. The zero-order valence-electron chi connectivity index (χ0n) is 9.70. The highest BCUT2D eigenvalue weighted by atomic mass is 79.9. The Hall–Kier alpha value is -1.52. The van der Waals surface area contributed by atoms with E-state index in [-0.39, 0.29) is 0 Å². The Bertz CT molecular complexity index is 539. The van der Waals surface area contributed by atoms with Crippen molar-refractivity contribution in [1.82, 2.24) is 0 Å². The fourth-order valence-electron chi connectivity index (χ4n) is 1.50. The number of aryl methyl sites for hydroxylation is 1. The van der Waals surface area contributed by atoms with Crippen LogP contribution in [-0.2, 0) is 6.42 Å². The van der Waals surface area contributed by atoms with Gasteiger partial charge < -0.3 is 0 Å². The van der Waals surface area contributed by atoms with Crippen LogP contribution in [0, 0.1) is 11.8 Å². The smallest absolute Gasteiger partial charge is 0.0249 e. The minimum Gasteiger partial charge on any atom is -0.0617 e. The maximum absolute atomic E-state index is 3.41. The standard InChI is InChI=1S/C16H13Br/c1-2-13-3-5-14(6-4-13)7-8-15-9-11-16(17)12-10-15/h3-6,9-12H,2H2,1H3. The zero-order valence-corrected chi connectivity index (χ0v) is 11.3. The van der Waals surface area contributed by atoms with Crippen molar-refractivity contribution in [2.24, 2.45) is 0 Å². The van der Waals surface area contributed by atoms with Crippen LogP contribution >= 0.6 is 15.9 Å². The van der Waals surface area contributed by atoms with E-state index in [1.165, 1.54) is 5.56 Å². The van der Waals surface area contributed by atoms with Crippen LogP contribution in [0.15, 0.2) is 53.0 Å². The highest BCUT2D eigenvalue weighted by molar-refractivity contribution is 9.10. The van der Waals surface area contributed by atoms with Gasteiger partial charge in [-0.3, -0.25) is 0 Å². The minimum atomic E-state index is 1.03. The van der Waals surface area contributed by atoms with Crippen molar-refractivity contribution < 1.29 is 0 Å². The minimum absolute atomic E-state index is 1.03. The predicted octanol–water partition coefficient (Wildman–Crippen LogP) is 4.41. The molecule has 1 heteroatoms. The Kier molecular flexibility index (Phi) is 4.01. The molecule has 0 fully saturated rings. The molecule has 0 N–H and O–H groups in total. The summed E-state index contributed by atoms with van der Waals surface area (Å²) < 4.78 is 1.08. The molecule has 0 saturated heterocycles. The Labute approximate surface area is 111 Å². The second-order valence-electron chi connectivity index (χ2n) is 3.81. The van der Waals surface area contributed by atoms with E-state index in [1.807, 2.05) is 24.3 Å². The van der Waals surface area contributed by atoms with Crippen molar-refractivity contribution in [3.8, 4) is 11.8 Å². The Morgan fingerprint density at radius 3 is 1.76 bits per heavy atom. The van der Waals surface area contributed by atoms with Crippen molar-refractivity contribution in [3.63, 3.8) is 0 Å². The second-order valence-corrected chi connectivity index (χ2v) is 4.72. The van der Waals surface area contributed by atoms with E-state index >= 15 is 0 Å². The molecule has 0 bridgehead atoms. The molecule has 0 unspecified atom stereocenters. The molecule has 84 valence electrons. The van der Waals surface area contributed by atoms with Crippen molar-refractivity contribution in [3.05, 3.63) is 69.7 Å². The third-order valence-corrected chi connectivity index (χ3v) is 3.09. The molecule has 0 aliphatic carbocycles. The molecule has 0 heterocycles. The van der Waals surface area contributed by atoms with Gasteiger partial charge in [0, 0.05) is 15.6 Å². The topological polar surface area (TPSA) is 0 Å². The van der Waals surface area contributed by atoms with Gasteiger partial charge >= 0.3 is 0 Å². The summed E-state index contributed by atoms with van der Waals surface area (Å²) >= 11 is 3.41.